The van der Waals surface area contributed by atoms with Gasteiger partial charge in [0, 0.05) is 23.3 Å². The Bertz CT molecular complexity index is 557. The smallest absolute Gasteiger partial charge is 0.203 e. The van der Waals surface area contributed by atoms with Gasteiger partial charge < -0.3 is 9.88 Å². The van der Waals surface area contributed by atoms with Crippen LogP contribution in [0.1, 0.15) is 49.9 Å². The fourth-order valence-electron chi connectivity index (χ4n) is 2.86. The van der Waals surface area contributed by atoms with Gasteiger partial charge in [0.2, 0.25) is 5.95 Å². The van der Waals surface area contributed by atoms with Crippen LogP contribution in [0.4, 0.5) is 5.95 Å². The van der Waals surface area contributed by atoms with Gasteiger partial charge in [0.1, 0.15) is 0 Å². The minimum Gasteiger partial charge on any atom is -0.353 e. The van der Waals surface area contributed by atoms with Crippen LogP contribution in [0, 0.1) is 0 Å². The standard InChI is InChI=1S/C15H20ClN3S/c1-11(13-7-8-14(16)20-13)19-10-9-17-15(19)18-12-5-3-2-4-6-12/h7-12H,2-6H2,1H3,(H,17,18). The first kappa shape index (κ1) is 14.0. The lowest BCUT2D eigenvalue weighted by Crippen LogP contribution is -2.24. The summed E-state index contributed by atoms with van der Waals surface area (Å²) in [5.74, 6) is 0.980. The van der Waals surface area contributed by atoms with Crippen molar-refractivity contribution < 1.29 is 0 Å². The monoisotopic (exact) mass is 309 g/mol. The second-order valence-corrected chi connectivity index (χ2v) is 7.20. The van der Waals surface area contributed by atoms with Gasteiger partial charge in [-0.2, -0.15) is 0 Å². The molecule has 0 spiro atoms. The number of hydrogen-bond acceptors (Lipinski definition) is 3. The highest BCUT2D eigenvalue weighted by Gasteiger charge is 2.18. The maximum absolute atomic E-state index is 6.04. The molecule has 0 bridgehead atoms. The summed E-state index contributed by atoms with van der Waals surface area (Å²) in [5, 5.41) is 3.61. The molecular formula is C15H20ClN3S. The summed E-state index contributed by atoms with van der Waals surface area (Å²) < 4.78 is 3.05. The minimum absolute atomic E-state index is 0.265. The van der Waals surface area contributed by atoms with E-state index in [0.717, 1.165) is 10.3 Å². The number of anilines is 1. The number of aromatic nitrogens is 2. The number of thiophene rings is 1. The Labute approximate surface area is 129 Å². The molecule has 0 saturated heterocycles. The van der Waals surface area contributed by atoms with E-state index >= 15 is 0 Å². The van der Waals surface area contributed by atoms with Crippen LogP contribution in [0.15, 0.2) is 24.5 Å². The van der Waals surface area contributed by atoms with E-state index in [-0.39, 0.29) is 6.04 Å². The molecule has 0 radical (unpaired) electrons. The zero-order chi connectivity index (χ0) is 13.9. The van der Waals surface area contributed by atoms with Crippen molar-refractivity contribution in [2.24, 2.45) is 0 Å². The molecular weight excluding hydrogens is 290 g/mol. The molecule has 1 saturated carbocycles. The van der Waals surface area contributed by atoms with Gasteiger partial charge in [0.05, 0.1) is 10.4 Å². The van der Waals surface area contributed by atoms with E-state index in [4.69, 9.17) is 11.6 Å². The predicted octanol–water partition coefficient (Wildman–Crippen LogP) is 4.95. The third kappa shape index (κ3) is 3.01. The summed E-state index contributed by atoms with van der Waals surface area (Å²) in [6.07, 6.45) is 10.5. The highest BCUT2D eigenvalue weighted by Crippen LogP contribution is 2.31. The van der Waals surface area contributed by atoms with Crippen molar-refractivity contribution in [3.63, 3.8) is 0 Å². The molecule has 5 heteroatoms. The Kier molecular flexibility index (Phi) is 4.32. The zero-order valence-corrected chi connectivity index (χ0v) is 13.3. The Morgan fingerprint density at radius 1 is 1.35 bits per heavy atom. The Balaban J connectivity index is 1.75. The van der Waals surface area contributed by atoms with Crippen LogP contribution in [0.3, 0.4) is 0 Å². The van der Waals surface area contributed by atoms with Gasteiger partial charge in [-0.1, -0.05) is 30.9 Å². The molecule has 1 unspecified atom stereocenters. The van der Waals surface area contributed by atoms with Crippen molar-refractivity contribution in [2.75, 3.05) is 5.32 Å². The van der Waals surface area contributed by atoms with Crippen molar-refractivity contribution in [3.05, 3.63) is 33.7 Å². The molecule has 2 heterocycles. The molecule has 0 aliphatic heterocycles. The first-order valence-electron chi connectivity index (χ1n) is 7.28. The summed E-state index contributed by atoms with van der Waals surface area (Å²) in [6, 6.07) is 4.90. The van der Waals surface area contributed by atoms with Crippen LogP contribution >= 0.6 is 22.9 Å². The quantitative estimate of drug-likeness (QED) is 0.865. The number of hydrogen-bond donors (Lipinski definition) is 1. The molecule has 20 heavy (non-hydrogen) atoms. The lowest BCUT2D eigenvalue weighted by molar-refractivity contribution is 0.458. The lowest BCUT2D eigenvalue weighted by atomic mass is 9.96. The van der Waals surface area contributed by atoms with Crippen LogP contribution in [0.2, 0.25) is 4.34 Å². The Hall–Kier alpha value is -1.00. The Morgan fingerprint density at radius 2 is 2.15 bits per heavy atom. The molecule has 108 valence electrons. The van der Waals surface area contributed by atoms with Gasteiger partial charge in [-0.15, -0.1) is 11.3 Å². The largest absolute Gasteiger partial charge is 0.353 e. The van der Waals surface area contributed by atoms with Crippen molar-refractivity contribution >= 4 is 28.9 Å². The minimum atomic E-state index is 0.265. The van der Waals surface area contributed by atoms with Crippen molar-refractivity contribution in [3.8, 4) is 0 Å². The van der Waals surface area contributed by atoms with Crippen LogP contribution in [0.5, 0.6) is 0 Å². The van der Waals surface area contributed by atoms with E-state index in [1.807, 2.05) is 18.5 Å². The number of imidazole rings is 1. The van der Waals surface area contributed by atoms with Crippen LogP contribution in [0.25, 0.3) is 0 Å². The summed E-state index contributed by atoms with van der Waals surface area (Å²) in [6.45, 7) is 2.19. The van der Waals surface area contributed by atoms with Gasteiger partial charge in [0.25, 0.3) is 0 Å². The topological polar surface area (TPSA) is 29.9 Å². The third-order valence-electron chi connectivity index (χ3n) is 4.03. The molecule has 0 aromatic carbocycles. The summed E-state index contributed by atoms with van der Waals surface area (Å²) in [4.78, 5) is 5.75. The predicted molar refractivity (Wildman–Crippen MR) is 85.9 cm³/mol. The first-order valence-corrected chi connectivity index (χ1v) is 8.48. The normalized spacial score (nSPS) is 18.1. The highest BCUT2D eigenvalue weighted by atomic mass is 35.5. The van der Waals surface area contributed by atoms with E-state index in [9.17, 15) is 0 Å². The second-order valence-electron chi connectivity index (χ2n) is 5.46. The molecule has 1 aliphatic carbocycles. The summed E-state index contributed by atoms with van der Waals surface area (Å²) in [5.41, 5.74) is 0. The van der Waals surface area contributed by atoms with Crippen LogP contribution in [-0.2, 0) is 0 Å². The maximum Gasteiger partial charge on any atom is 0.203 e. The lowest BCUT2D eigenvalue weighted by Gasteiger charge is -2.25. The van der Waals surface area contributed by atoms with Crippen molar-refractivity contribution in [1.29, 1.82) is 0 Å². The fourth-order valence-corrected chi connectivity index (χ4v) is 3.97. The Morgan fingerprint density at radius 3 is 2.85 bits per heavy atom. The molecule has 3 nitrogen and oxygen atoms in total. The fraction of sp³-hybridized carbons (Fsp3) is 0.533. The average molecular weight is 310 g/mol. The molecule has 1 fully saturated rings. The van der Waals surface area contributed by atoms with E-state index < -0.39 is 0 Å². The molecule has 2 aromatic rings. The van der Waals surface area contributed by atoms with Crippen LogP contribution in [-0.4, -0.2) is 15.6 Å². The molecule has 0 amide bonds. The van der Waals surface area contributed by atoms with Gasteiger partial charge >= 0.3 is 0 Å². The SMILES string of the molecule is CC(c1ccc(Cl)s1)n1ccnc1NC1CCCCC1. The molecule has 2 aromatic heterocycles. The highest BCUT2D eigenvalue weighted by molar-refractivity contribution is 7.16. The first-order chi connectivity index (χ1) is 9.74. The van der Waals surface area contributed by atoms with Gasteiger partial charge in [0.15, 0.2) is 0 Å². The van der Waals surface area contributed by atoms with E-state index in [2.05, 4.69) is 27.9 Å². The summed E-state index contributed by atoms with van der Waals surface area (Å²) in [7, 11) is 0. The second kappa shape index (κ2) is 6.19. The zero-order valence-electron chi connectivity index (χ0n) is 11.7. The van der Waals surface area contributed by atoms with Gasteiger partial charge in [-0.05, 0) is 31.9 Å². The molecule has 1 atom stereocenters. The van der Waals surface area contributed by atoms with Gasteiger partial charge in [-0.25, -0.2) is 4.98 Å². The van der Waals surface area contributed by atoms with E-state index in [0.29, 0.717) is 6.04 Å². The molecule has 1 aliphatic rings. The number of nitrogens with one attached hydrogen (secondary N) is 1. The van der Waals surface area contributed by atoms with Gasteiger partial charge in [-0.3, -0.25) is 0 Å². The maximum atomic E-state index is 6.04. The van der Waals surface area contributed by atoms with Crippen molar-refractivity contribution in [1.82, 2.24) is 9.55 Å². The third-order valence-corrected chi connectivity index (χ3v) is 5.43. The van der Waals surface area contributed by atoms with Crippen LogP contribution < -0.4 is 5.32 Å². The van der Waals surface area contributed by atoms with Crippen molar-refractivity contribution in [2.45, 2.75) is 51.1 Å². The average Bonchev–Trinajstić information content (AvgIpc) is 3.08. The number of rotatable bonds is 4. The van der Waals surface area contributed by atoms with E-state index in [1.165, 1.54) is 37.0 Å². The number of halogens is 1. The number of nitrogens with zero attached hydrogens (tertiary/aromatic N) is 2. The summed E-state index contributed by atoms with van der Waals surface area (Å²) >= 11 is 7.68. The molecule has 1 N–H and O–H groups in total. The van der Waals surface area contributed by atoms with E-state index in [1.54, 1.807) is 11.3 Å². The molecule has 3 rings (SSSR count).